The smallest absolute Gasteiger partial charge is 0.317 e. The SMILES string of the molecule is COC(CNC(=O)N(C)Cc1cc(Br)cs1)CC(=O)O. The minimum Gasteiger partial charge on any atom is -0.481 e. The van der Waals surface area contributed by atoms with Crippen molar-refractivity contribution >= 4 is 39.3 Å². The van der Waals surface area contributed by atoms with Crippen LogP contribution in [0.3, 0.4) is 0 Å². The summed E-state index contributed by atoms with van der Waals surface area (Å²) in [6, 6.07) is 1.69. The van der Waals surface area contributed by atoms with E-state index in [9.17, 15) is 9.59 Å². The van der Waals surface area contributed by atoms with Crippen LogP contribution in [0.1, 0.15) is 11.3 Å². The Bertz CT molecular complexity index is 466. The van der Waals surface area contributed by atoms with Crippen molar-refractivity contribution in [2.24, 2.45) is 0 Å². The van der Waals surface area contributed by atoms with Gasteiger partial charge in [0.2, 0.25) is 0 Å². The van der Waals surface area contributed by atoms with E-state index >= 15 is 0 Å². The molecule has 1 heterocycles. The van der Waals surface area contributed by atoms with Gasteiger partial charge in [-0.3, -0.25) is 4.79 Å². The third-order valence-corrected chi connectivity index (χ3v) is 4.26. The topological polar surface area (TPSA) is 78.9 Å². The normalized spacial score (nSPS) is 11.9. The molecule has 0 saturated heterocycles. The largest absolute Gasteiger partial charge is 0.481 e. The van der Waals surface area contributed by atoms with Gasteiger partial charge in [0.15, 0.2) is 0 Å². The lowest BCUT2D eigenvalue weighted by atomic mass is 10.2. The number of rotatable bonds is 7. The van der Waals surface area contributed by atoms with Gasteiger partial charge in [-0.15, -0.1) is 11.3 Å². The Balaban J connectivity index is 2.39. The highest BCUT2D eigenvalue weighted by Crippen LogP contribution is 2.20. The Kier molecular flexibility index (Phi) is 6.97. The molecule has 1 aromatic rings. The first-order chi connectivity index (χ1) is 9.42. The summed E-state index contributed by atoms with van der Waals surface area (Å²) in [7, 11) is 3.11. The Labute approximate surface area is 129 Å². The zero-order chi connectivity index (χ0) is 15.1. The fourth-order valence-corrected chi connectivity index (χ4v) is 3.02. The molecule has 112 valence electrons. The van der Waals surface area contributed by atoms with Crippen LogP contribution in [0, 0.1) is 0 Å². The van der Waals surface area contributed by atoms with Crippen molar-refractivity contribution in [2.75, 3.05) is 20.7 Å². The maximum Gasteiger partial charge on any atom is 0.317 e. The number of urea groups is 1. The van der Waals surface area contributed by atoms with E-state index in [0.29, 0.717) is 6.54 Å². The molecule has 0 aliphatic rings. The van der Waals surface area contributed by atoms with E-state index in [2.05, 4.69) is 21.2 Å². The zero-order valence-electron chi connectivity index (χ0n) is 11.3. The van der Waals surface area contributed by atoms with Gasteiger partial charge < -0.3 is 20.1 Å². The summed E-state index contributed by atoms with van der Waals surface area (Å²) in [6.45, 7) is 0.665. The highest BCUT2D eigenvalue weighted by molar-refractivity contribution is 9.10. The van der Waals surface area contributed by atoms with Gasteiger partial charge >= 0.3 is 12.0 Å². The van der Waals surface area contributed by atoms with E-state index in [1.807, 2.05) is 11.4 Å². The van der Waals surface area contributed by atoms with E-state index in [4.69, 9.17) is 9.84 Å². The standard InChI is InChI=1S/C12H17BrN2O4S/c1-15(6-10-3-8(13)7-20-10)12(18)14-5-9(19-2)4-11(16)17/h3,7,9H,4-6H2,1-2H3,(H,14,18)(H,16,17). The summed E-state index contributed by atoms with van der Waals surface area (Å²) >= 11 is 4.92. The van der Waals surface area contributed by atoms with E-state index in [1.54, 1.807) is 18.4 Å². The number of aliphatic carboxylic acids is 1. The summed E-state index contributed by atoms with van der Waals surface area (Å²) in [6.07, 6.45) is -0.668. The Morgan fingerprint density at radius 2 is 2.30 bits per heavy atom. The molecule has 0 fully saturated rings. The molecule has 0 aliphatic heterocycles. The molecule has 1 rings (SSSR count). The van der Waals surface area contributed by atoms with Crippen LogP contribution < -0.4 is 5.32 Å². The third-order valence-electron chi connectivity index (χ3n) is 2.58. The number of thiophene rings is 1. The van der Waals surface area contributed by atoms with E-state index in [1.165, 1.54) is 12.0 Å². The van der Waals surface area contributed by atoms with Crippen LogP contribution in [0.5, 0.6) is 0 Å². The molecule has 1 unspecified atom stereocenters. The number of nitrogens with zero attached hydrogens (tertiary/aromatic N) is 1. The molecule has 8 heteroatoms. The number of carboxylic acids is 1. The first-order valence-corrected chi connectivity index (χ1v) is 7.56. The molecule has 0 aliphatic carbocycles. The summed E-state index contributed by atoms with van der Waals surface area (Å²) in [5.41, 5.74) is 0. The van der Waals surface area contributed by atoms with Gasteiger partial charge in [-0.2, -0.15) is 0 Å². The van der Waals surface area contributed by atoms with Crippen molar-refractivity contribution in [2.45, 2.75) is 19.1 Å². The monoisotopic (exact) mass is 364 g/mol. The third kappa shape index (κ3) is 5.89. The van der Waals surface area contributed by atoms with Gasteiger partial charge in [-0.1, -0.05) is 0 Å². The van der Waals surface area contributed by atoms with Gasteiger partial charge in [-0.05, 0) is 22.0 Å². The second-order valence-electron chi connectivity index (χ2n) is 4.23. The van der Waals surface area contributed by atoms with Gasteiger partial charge in [0.25, 0.3) is 0 Å². The van der Waals surface area contributed by atoms with E-state index < -0.39 is 12.1 Å². The van der Waals surface area contributed by atoms with Crippen LogP contribution >= 0.6 is 27.3 Å². The molecular formula is C12H17BrN2O4S. The van der Waals surface area contributed by atoms with Gasteiger partial charge in [0, 0.05) is 35.4 Å². The van der Waals surface area contributed by atoms with Gasteiger partial charge in [0.05, 0.1) is 19.1 Å². The number of nitrogens with one attached hydrogen (secondary N) is 1. The lowest BCUT2D eigenvalue weighted by molar-refractivity contribution is -0.139. The fraction of sp³-hybridized carbons (Fsp3) is 0.500. The predicted octanol–water partition coefficient (Wildman–Crippen LogP) is 2.14. The Hall–Kier alpha value is -1.12. The molecule has 0 saturated carbocycles. The van der Waals surface area contributed by atoms with Crippen LogP contribution in [-0.2, 0) is 16.1 Å². The second-order valence-corrected chi connectivity index (χ2v) is 6.14. The molecule has 1 atom stereocenters. The number of hydrogen-bond acceptors (Lipinski definition) is 4. The van der Waals surface area contributed by atoms with Crippen molar-refractivity contribution < 1.29 is 19.4 Å². The molecule has 0 aromatic carbocycles. The highest BCUT2D eigenvalue weighted by Gasteiger charge is 2.15. The van der Waals surface area contributed by atoms with E-state index in [0.717, 1.165) is 9.35 Å². The molecular weight excluding hydrogens is 348 g/mol. The first-order valence-electron chi connectivity index (χ1n) is 5.88. The summed E-state index contributed by atoms with van der Waals surface area (Å²) < 4.78 is 5.99. The summed E-state index contributed by atoms with van der Waals surface area (Å²) in [5.74, 6) is -0.956. The quantitative estimate of drug-likeness (QED) is 0.776. The van der Waals surface area contributed by atoms with Crippen LogP contribution in [-0.4, -0.2) is 48.8 Å². The molecule has 20 heavy (non-hydrogen) atoms. The van der Waals surface area contributed by atoms with Crippen molar-refractivity contribution in [3.8, 4) is 0 Å². The predicted molar refractivity (Wildman–Crippen MR) is 79.9 cm³/mol. The minimum absolute atomic E-state index is 0.141. The molecule has 2 amide bonds. The minimum atomic E-state index is -0.956. The zero-order valence-corrected chi connectivity index (χ0v) is 13.7. The van der Waals surface area contributed by atoms with Gasteiger partial charge in [-0.25, -0.2) is 4.79 Å². The summed E-state index contributed by atoms with van der Waals surface area (Å²) in [5, 5.41) is 13.3. The molecule has 0 spiro atoms. The number of ether oxygens (including phenoxy) is 1. The van der Waals surface area contributed by atoms with Crippen molar-refractivity contribution in [3.63, 3.8) is 0 Å². The lowest BCUT2D eigenvalue weighted by Gasteiger charge is -2.19. The van der Waals surface area contributed by atoms with Gasteiger partial charge in [0.1, 0.15) is 0 Å². The number of carboxylic acid groups (broad SMARTS) is 1. The lowest BCUT2D eigenvalue weighted by Crippen LogP contribution is -2.41. The summed E-state index contributed by atoms with van der Waals surface area (Å²) in [4.78, 5) is 25.0. The van der Waals surface area contributed by atoms with Crippen molar-refractivity contribution in [1.29, 1.82) is 0 Å². The highest BCUT2D eigenvalue weighted by atomic mass is 79.9. The number of carbonyl (C=O) groups is 2. The molecule has 0 radical (unpaired) electrons. The number of carbonyl (C=O) groups excluding carboxylic acids is 1. The second kappa shape index (κ2) is 8.23. The van der Waals surface area contributed by atoms with Crippen molar-refractivity contribution in [3.05, 3.63) is 20.8 Å². The molecule has 0 bridgehead atoms. The number of amides is 2. The first kappa shape index (κ1) is 16.9. The van der Waals surface area contributed by atoms with Crippen LogP contribution in [0.4, 0.5) is 4.79 Å². The molecule has 1 aromatic heterocycles. The maximum absolute atomic E-state index is 11.9. The average molecular weight is 365 g/mol. The fourth-order valence-electron chi connectivity index (χ4n) is 1.51. The van der Waals surface area contributed by atoms with Crippen LogP contribution in [0.25, 0.3) is 0 Å². The van der Waals surface area contributed by atoms with Crippen LogP contribution in [0.15, 0.2) is 15.9 Å². The number of hydrogen-bond donors (Lipinski definition) is 2. The van der Waals surface area contributed by atoms with Crippen molar-refractivity contribution in [1.82, 2.24) is 10.2 Å². The average Bonchev–Trinajstić information content (AvgIpc) is 2.78. The van der Waals surface area contributed by atoms with Crippen LogP contribution in [0.2, 0.25) is 0 Å². The molecule has 2 N–H and O–H groups in total. The van der Waals surface area contributed by atoms with E-state index in [-0.39, 0.29) is 19.0 Å². The number of halogens is 1. The molecule has 6 nitrogen and oxygen atoms in total. The Morgan fingerprint density at radius 3 is 2.80 bits per heavy atom. The number of methoxy groups -OCH3 is 1. The Morgan fingerprint density at radius 1 is 1.60 bits per heavy atom. The maximum atomic E-state index is 11.9.